The summed E-state index contributed by atoms with van der Waals surface area (Å²) in [5.41, 5.74) is 1.47. The van der Waals surface area contributed by atoms with Crippen LogP contribution in [0.4, 0.5) is 0 Å². The molecular formula is C20H42O2Si. The van der Waals surface area contributed by atoms with Gasteiger partial charge in [0.05, 0.1) is 0 Å². The predicted octanol–water partition coefficient (Wildman–Crippen LogP) is 6.54. The van der Waals surface area contributed by atoms with Gasteiger partial charge in [0.25, 0.3) is 0 Å². The Balaban J connectivity index is 2.71. The van der Waals surface area contributed by atoms with Gasteiger partial charge in [-0.1, -0.05) is 60.8 Å². The van der Waals surface area contributed by atoms with Gasteiger partial charge >= 0.3 is 8.56 Å². The Bertz CT molecular complexity index is 336. The Morgan fingerprint density at radius 3 is 1.91 bits per heavy atom. The molecule has 1 fully saturated rings. The number of hydrogen-bond acceptors (Lipinski definition) is 2. The molecule has 1 unspecified atom stereocenters. The second kappa shape index (κ2) is 8.49. The van der Waals surface area contributed by atoms with Crippen LogP contribution in [0.5, 0.6) is 0 Å². The Labute approximate surface area is 147 Å². The minimum absolute atomic E-state index is 0.381. The lowest BCUT2D eigenvalue weighted by atomic mass is 9.72. The van der Waals surface area contributed by atoms with Crippen molar-refractivity contribution in [3.63, 3.8) is 0 Å². The van der Waals surface area contributed by atoms with Gasteiger partial charge < -0.3 is 8.85 Å². The van der Waals surface area contributed by atoms with Gasteiger partial charge in [-0.2, -0.15) is 0 Å². The SMILES string of the molecule is CO[Si](CC(C)CC(C)(C)CC(C)(C)C)(OC)C1CCCCC1. The molecule has 1 aliphatic carbocycles. The van der Waals surface area contributed by atoms with E-state index in [1.807, 2.05) is 14.2 Å². The van der Waals surface area contributed by atoms with E-state index >= 15 is 0 Å². The van der Waals surface area contributed by atoms with Gasteiger partial charge in [-0.15, -0.1) is 0 Å². The minimum Gasteiger partial charge on any atom is -0.397 e. The van der Waals surface area contributed by atoms with Crippen LogP contribution in [-0.2, 0) is 8.85 Å². The van der Waals surface area contributed by atoms with Gasteiger partial charge in [0.2, 0.25) is 0 Å². The van der Waals surface area contributed by atoms with Gasteiger partial charge in [-0.3, -0.25) is 0 Å². The normalized spacial score (nSPS) is 19.8. The minimum atomic E-state index is -2.06. The summed E-state index contributed by atoms with van der Waals surface area (Å²) in [6.45, 7) is 14.3. The van der Waals surface area contributed by atoms with Gasteiger partial charge in [-0.05, 0) is 48.5 Å². The molecule has 1 atom stereocenters. The molecule has 138 valence electrons. The van der Waals surface area contributed by atoms with E-state index in [2.05, 4.69) is 41.5 Å². The second-order valence-corrected chi connectivity index (χ2v) is 13.6. The molecule has 1 rings (SSSR count). The van der Waals surface area contributed by atoms with Crippen LogP contribution in [0.2, 0.25) is 11.6 Å². The molecule has 0 bridgehead atoms. The summed E-state index contributed by atoms with van der Waals surface area (Å²) in [7, 11) is 1.74. The van der Waals surface area contributed by atoms with Crippen LogP contribution in [0.15, 0.2) is 0 Å². The maximum atomic E-state index is 6.13. The predicted molar refractivity (Wildman–Crippen MR) is 103 cm³/mol. The molecule has 0 amide bonds. The molecule has 3 heteroatoms. The molecule has 0 N–H and O–H groups in total. The fourth-order valence-electron chi connectivity index (χ4n) is 5.30. The van der Waals surface area contributed by atoms with Crippen LogP contribution < -0.4 is 0 Å². The average molecular weight is 343 g/mol. The molecule has 23 heavy (non-hydrogen) atoms. The topological polar surface area (TPSA) is 18.5 Å². The van der Waals surface area contributed by atoms with Gasteiger partial charge in [0.1, 0.15) is 0 Å². The molecule has 0 radical (unpaired) electrons. The molecular weight excluding hydrogens is 300 g/mol. The number of rotatable bonds is 8. The van der Waals surface area contributed by atoms with E-state index in [9.17, 15) is 0 Å². The highest BCUT2D eigenvalue weighted by Gasteiger charge is 2.46. The van der Waals surface area contributed by atoms with Crippen LogP contribution in [0.3, 0.4) is 0 Å². The van der Waals surface area contributed by atoms with E-state index in [1.165, 1.54) is 44.9 Å². The lowest BCUT2D eigenvalue weighted by Gasteiger charge is -2.40. The third-order valence-electron chi connectivity index (χ3n) is 5.46. The van der Waals surface area contributed by atoms with Crippen LogP contribution in [-0.4, -0.2) is 22.8 Å². The molecule has 0 aromatic rings. The third-order valence-corrected chi connectivity index (χ3v) is 9.93. The van der Waals surface area contributed by atoms with Gasteiger partial charge in [-0.25, -0.2) is 0 Å². The summed E-state index contributed by atoms with van der Waals surface area (Å²) in [6, 6.07) is 1.15. The standard InChI is InChI=1S/C20H42O2Si/c1-17(14-20(5,6)16-19(2,3)4)15-23(21-7,22-8)18-12-10-9-11-13-18/h17-18H,9-16H2,1-8H3. The number of hydrogen-bond donors (Lipinski definition) is 0. The Kier molecular flexibility index (Phi) is 7.82. The fraction of sp³-hybridized carbons (Fsp3) is 1.00. The summed E-state index contributed by atoms with van der Waals surface area (Å²) in [4.78, 5) is 0. The first kappa shape index (κ1) is 21.2. The van der Waals surface area contributed by atoms with Crippen LogP contribution in [0, 0.1) is 16.7 Å². The van der Waals surface area contributed by atoms with Crippen molar-refractivity contribution in [1.82, 2.24) is 0 Å². The van der Waals surface area contributed by atoms with Crippen LogP contribution in [0.25, 0.3) is 0 Å². The van der Waals surface area contributed by atoms with Crippen molar-refractivity contribution < 1.29 is 8.85 Å². The molecule has 0 aromatic heterocycles. The quantitative estimate of drug-likeness (QED) is 0.466. The lowest BCUT2D eigenvalue weighted by molar-refractivity contribution is 0.166. The highest BCUT2D eigenvalue weighted by atomic mass is 28.4. The third kappa shape index (κ3) is 6.87. The Morgan fingerprint density at radius 1 is 0.957 bits per heavy atom. The lowest BCUT2D eigenvalue weighted by Crippen LogP contribution is -2.47. The maximum absolute atomic E-state index is 6.13. The maximum Gasteiger partial charge on any atom is 0.341 e. The van der Waals surface area contributed by atoms with Crippen molar-refractivity contribution in [3.8, 4) is 0 Å². The summed E-state index contributed by atoms with van der Waals surface area (Å²) < 4.78 is 12.3. The molecule has 0 spiro atoms. The summed E-state index contributed by atoms with van der Waals surface area (Å²) in [5.74, 6) is 0.667. The second-order valence-electron chi connectivity index (χ2n) is 9.97. The van der Waals surface area contributed by atoms with Gasteiger partial charge in [0.15, 0.2) is 0 Å². The van der Waals surface area contributed by atoms with Crippen LogP contribution >= 0.6 is 0 Å². The Hall–Kier alpha value is 0.137. The first-order chi connectivity index (χ1) is 10.5. The highest BCUT2D eigenvalue weighted by Crippen LogP contribution is 2.44. The average Bonchev–Trinajstić information content (AvgIpc) is 2.42. The molecule has 1 saturated carbocycles. The summed E-state index contributed by atoms with van der Waals surface area (Å²) in [6.07, 6.45) is 9.26. The molecule has 2 nitrogen and oxygen atoms in total. The largest absolute Gasteiger partial charge is 0.397 e. The van der Waals surface area contributed by atoms with E-state index in [0.29, 0.717) is 22.3 Å². The van der Waals surface area contributed by atoms with Gasteiger partial charge in [0, 0.05) is 19.8 Å². The fourth-order valence-corrected chi connectivity index (χ4v) is 9.21. The summed E-state index contributed by atoms with van der Waals surface area (Å²) >= 11 is 0. The van der Waals surface area contributed by atoms with E-state index < -0.39 is 8.56 Å². The van der Waals surface area contributed by atoms with Crippen molar-refractivity contribution in [1.29, 1.82) is 0 Å². The van der Waals surface area contributed by atoms with Crippen molar-refractivity contribution >= 4 is 8.56 Å². The molecule has 1 aliphatic rings. The Morgan fingerprint density at radius 2 is 1.48 bits per heavy atom. The monoisotopic (exact) mass is 342 g/mol. The smallest absolute Gasteiger partial charge is 0.341 e. The molecule has 0 heterocycles. The van der Waals surface area contributed by atoms with E-state index in [4.69, 9.17) is 8.85 Å². The highest BCUT2D eigenvalue weighted by molar-refractivity contribution is 6.69. The van der Waals surface area contributed by atoms with E-state index in [-0.39, 0.29) is 0 Å². The molecule has 0 aromatic carbocycles. The van der Waals surface area contributed by atoms with Crippen LogP contribution in [0.1, 0.15) is 86.5 Å². The summed E-state index contributed by atoms with van der Waals surface area (Å²) in [5, 5.41) is 0. The zero-order chi connectivity index (χ0) is 17.7. The first-order valence-corrected chi connectivity index (χ1v) is 11.7. The van der Waals surface area contributed by atoms with Crippen molar-refractivity contribution in [2.45, 2.75) is 98.1 Å². The first-order valence-electron chi connectivity index (χ1n) is 9.64. The molecule has 0 saturated heterocycles. The zero-order valence-electron chi connectivity index (χ0n) is 17.1. The van der Waals surface area contributed by atoms with Crippen molar-refractivity contribution in [3.05, 3.63) is 0 Å². The van der Waals surface area contributed by atoms with Crippen molar-refractivity contribution in [2.24, 2.45) is 16.7 Å². The zero-order valence-corrected chi connectivity index (χ0v) is 18.1. The van der Waals surface area contributed by atoms with Crippen molar-refractivity contribution in [2.75, 3.05) is 14.2 Å². The van der Waals surface area contributed by atoms with E-state index in [1.54, 1.807) is 0 Å². The molecule has 0 aliphatic heterocycles. The van der Waals surface area contributed by atoms with E-state index in [0.717, 1.165) is 6.04 Å².